The molecule has 2 N–H and O–H groups in total. The van der Waals surface area contributed by atoms with Crippen LogP contribution in [0, 0.1) is 0 Å². The minimum absolute atomic E-state index is 0.00931. The molecule has 18 heavy (non-hydrogen) atoms. The van der Waals surface area contributed by atoms with Crippen molar-refractivity contribution in [2.45, 2.75) is 0 Å². The summed E-state index contributed by atoms with van der Waals surface area (Å²) in [5.74, 6) is 0.857. The zero-order chi connectivity index (χ0) is 13.1. The lowest BCUT2D eigenvalue weighted by Gasteiger charge is -2.07. The highest BCUT2D eigenvalue weighted by atomic mass is 35.5. The summed E-state index contributed by atoms with van der Waals surface area (Å²) >= 11 is 7.02. The fraction of sp³-hybridized carbons (Fsp3) is 0.0833. The minimum atomic E-state index is -1.13. The molecule has 0 amide bonds. The molecular formula is C12H8ClNO3S. The molecule has 0 atom stereocenters. The number of thioether (sulfide) groups is 1. The van der Waals surface area contributed by atoms with Crippen molar-refractivity contribution in [2.75, 3.05) is 11.1 Å². The van der Waals surface area contributed by atoms with Crippen LogP contribution in [0.1, 0.15) is 0 Å². The van der Waals surface area contributed by atoms with Gasteiger partial charge < -0.3 is 10.4 Å². The van der Waals surface area contributed by atoms with Crippen molar-refractivity contribution < 1.29 is 14.7 Å². The molecule has 1 aliphatic rings. The Kier molecular flexibility index (Phi) is 3.77. The molecule has 0 unspecified atom stereocenters. The number of carboxylic acids is 1. The average molecular weight is 282 g/mol. The molecule has 92 valence electrons. The quantitative estimate of drug-likeness (QED) is 0.834. The van der Waals surface area contributed by atoms with E-state index >= 15 is 0 Å². The van der Waals surface area contributed by atoms with Crippen LogP contribution in [0.25, 0.3) is 0 Å². The van der Waals surface area contributed by atoms with Gasteiger partial charge in [0.15, 0.2) is 0 Å². The van der Waals surface area contributed by atoms with Crippen molar-refractivity contribution in [1.29, 1.82) is 0 Å². The Hall–Kier alpha value is -1.68. The third-order valence-corrected chi connectivity index (χ3v) is 3.61. The smallest absolute Gasteiger partial charge is 0.339 e. The number of halogens is 1. The number of carbonyl (C=O) groups is 1. The van der Waals surface area contributed by atoms with Gasteiger partial charge in [-0.3, -0.25) is 0 Å². The Morgan fingerprint density at radius 2 is 2.06 bits per heavy atom. The number of benzene rings is 1. The van der Waals surface area contributed by atoms with Crippen LogP contribution in [0.3, 0.4) is 0 Å². The molecule has 1 aromatic carbocycles. The maximum atomic E-state index is 11.1. The molecule has 0 saturated carbocycles. The van der Waals surface area contributed by atoms with Gasteiger partial charge in [-0.1, -0.05) is 11.6 Å². The van der Waals surface area contributed by atoms with E-state index in [9.17, 15) is 9.59 Å². The first-order chi connectivity index (χ1) is 8.61. The van der Waals surface area contributed by atoms with Gasteiger partial charge in [-0.15, -0.1) is 11.8 Å². The zero-order valence-electron chi connectivity index (χ0n) is 9.07. The Balaban J connectivity index is 2.32. The lowest BCUT2D eigenvalue weighted by atomic mass is 10.1. The van der Waals surface area contributed by atoms with Gasteiger partial charge in [0.05, 0.1) is 10.6 Å². The number of aliphatic carboxylic acids is 1. The first-order valence-electron chi connectivity index (χ1n) is 4.99. The fourth-order valence-corrected chi connectivity index (χ4v) is 2.66. The number of hydrogen-bond donors (Lipinski definition) is 2. The van der Waals surface area contributed by atoms with Crippen molar-refractivity contribution in [3.63, 3.8) is 0 Å². The lowest BCUT2D eigenvalue weighted by Crippen LogP contribution is -2.06. The average Bonchev–Trinajstić information content (AvgIpc) is 2.75. The highest BCUT2D eigenvalue weighted by Gasteiger charge is 2.27. The van der Waals surface area contributed by atoms with Crippen LogP contribution in [0.15, 0.2) is 40.4 Å². The summed E-state index contributed by atoms with van der Waals surface area (Å²) in [6, 6.07) is 6.86. The Morgan fingerprint density at radius 1 is 1.39 bits per heavy atom. The minimum Gasteiger partial charge on any atom is -0.478 e. The van der Waals surface area contributed by atoms with Crippen LogP contribution < -0.4 is 5.32 Å². The molecule has 1 heterocycles. The molecule has 0 aliphatic carbocycles. The normalized spacial score (nSPS) is 14.6. The number of carboxylic acid groups (broad SMARTS) is 1. The molecular weight excluding hydrogens is 274 g/mol. The second kappa shape index (κ2) is 5.31. The molecule has 0 spiro atoms. The third kappa shape index (κ3) is 2.59. The molecule has 6 heteroatoms. The van der Waals surface area contributed by atoms with Crippen molar-refractivity contribution in [2.24, 2.45) is 0 Å². The van der Waals surface area contributed by atoms with Gasteiger partial charge in [-0.25, -0.2) is 9.59 Å². The number of carbonyl (C=O) groups excluding carboxylic acids is 1. The highest BCUT2D eigenvalue weighted by Crippen LogP contribution is 2.35. The number of rotatable bonds is 3. The summed E-state index contributed by atoms with van der Waals surface area (Å²) in [5.41, 5.74) is 0.877. The summed E-state index contributed by atoms with van der Waals surface area (Å²) in [5, 5.41) is 13.1. The largest absolute Gasteiger partial charge is 0.478 e. The summed E-state index contributed by atoms with van der Waals surface area (Å²) < 4.78 is 0. The number of hydrogen-bond acceptors (Lipinski definition) is 4. The van der Waals surface area contributed by atoms with E-state index in [1.54, 1.807) is 30.2 Å². The number of nitrogens with one attached hydrogen (secondary N) is 1. The van der Waals surface area contributed by atoms with Gasteiger partial charge in [-0.2, -0.15) is 0 Å². The monoisotopic (exact) mass is 281 g/mol. The maximum absolute atomic E-state index is 11.1. The molecule has 1 aromatic rings. The molecule has 0 bridgehead atoms. The fourth-order valence-electron chi connectivity index (χ4n) is 1.50. The Morgan fingerprint density at radius 3 is 2.61 bits per heavy atom. The van der Waals surface area contributed by atoms with E-state index in [1.807, 2.05) is 0 Å². The third-order valence-electron chi connectivity index (χ3n) is 2.33. The topological polar surface area (TPSA) is 66.4 Å². The van der Waals surface area contributed by atoms with E-state index in [0.717, 1.165) is 0 Å². The predicted molar refractivity (Wildman–Crippen MR) is 71.4 cm³/mol. The molecule has 1 aliphatic heterocycles. The van der Waals surface area contributed by atoms with Crippen molar-refractivity contribution in [1.82, 2.24) is 0 Å². The molecule has 0 radical (unpaired) electrons. The molecule has 0 fully saturated rings. The number of anilines is 1. The standard InChI is InChI=1S/C12H8ClNO3S/c13-8-1-3-9(4-2-8)14-11-10(12(16)17)7(5-15)6-18-11/h1-4,14H,6H2,(H,16,17). The first kappa shape index (κ1) is 12.8. The lowest BCUT2D eigenvalue weighted by molar-refractivity contribution is -0.132. The van der Waals surface area contributed by atoms with E-state index in [-0.39, 0.29) is 11.1 Å². The van der Waals surface area contributed by atoms with Crippen LogP contribution in [-0.2, 0) is 9.59 Å². The van der Waals surface area contributed by atoms with Crippen molar-refractivity contribution in [3.8, 4) is 0 Å². The molecule has 0 aromatic heterocycles. The van der Waals surface area contributed by atoms with Crippen molar-refractivity contribution in [3.05, 3.63) is 45.5 Å². The Bertz CT molecular complexity index is 573. The van der Waals surface area contributed by atoms with Crippen LogP contribution >= 0.6 is 23.4 Å². The molecule has 2 rings (SSSR count). The van der Waals surface area contributed by atoms with Gasteiger partial charge in [0.1, 0.15) is 11.5 Å². The molecule has 4 nitrogen and oxygen atoms in total. The Labute approximate surface area is 112 Å². The second-order valence-electron chi connectivity index (χ2n) is 3.51. The van der Waals surface area contributed by atoms with E-state index in [1.165, 1.54) is 11.8 Å². The van der Waals surface area contributed by atoms with E-state index in [2.05, 4.69) is 5.32 Å². The summed E-state index contributed by atoms with van der Waals surface area (Å²) in [7, 11) is 0. The van der Waals surface area contributed by atoms with Gasteiger partial charge >= 0.3 is 5.97 Å². The van der Waals surface area contributed by atoms with E-state index in [4.69, 9.17) is 16.7 Å². The predicted octanol–water partition coefficient (Wildman–Crippen LogP) is 2.55. The van der Waals surface area contributed by atoms with E-state index < -0.39 is 5.97 Å². The van der Waals surface area contributed by atoms with Gasteiger partial charge in [0.25, 0.3) is 0 Å². The van der Waals surface area contributed by atoms with Crippen LogP contribution in [-0.4, -0.2) is 22.8 Å². The van der Waals surface area contributed by atoms with Gasteiger partial charge in [-0.05, 0) is 24.3 Å². The van der Waals surface area contributed by atoms with Crippen LogP contribution in [0.5, 0.6) is 0 Å². The summed E-state index contributed by atoms with van der Waals surface area (Å²) in [6.07, 6.45) is 0. The second-order valence-corrected chi connectivity index (χ2v) is 4.93. The summed E-state index contributed by atoms with van der Waals surface area (Å²) in [4.78, 5) is 21.7. The van der Waals surface area contributed by atoms with Crippen molar-refractivity contribution >= 4 is 41.0 Å². The molecule has 0 saturated heterocycles. The highest BCUT2D eigenvalue weighted by molar-refractivity contribution is 8.03. The SMILES string of the molecule is O=C=C1CSC(Nc2ccc(Cl)cc2)=C1C(=O)O. The van der Waals surface area contributed by atoms with E-state index in [0.29, 0.717) is 21.5 Å². The van der Waals surface area contributed by atoms with Crippen LogP contribution in [0.2, 0.25) is 5.02 Å². The van der Waals surface area contributed by atoms with Gasteiger partial charge in [0.2, 0.25) is 0 Å². The summed E-state index contributed by atoms with van der Waals surface area (Å²) in [6.45, 7) is 0. The zero-order valence-corrected chi connectivity index (χ0v) is 10.6. The van der Waals surface area contributed by atoms with Gasteiger partial charge in [0, 0.05) is 16.5 Å². The first-order valence-corrected chi connectivity index (χ1v) is 6.35. The van der Waals surface area contributed by atoms with Crippen LogP contribution in [0.4, 0.5) is 5.69 Å². The maximum Gasteiger partial charge on any atom is 0.339 e.